The Morgan fingerprint density at radius 3 is 2.00 bits per heavy atom. The quantitative estimate of drug-likeness (QED) is 0.748. The van der Waals surface area contributed by atoms with Crippen molar-refractivity contribution >= 4 is 9.84 Å². The van der Waals surface area contributed by atoms with E-state index in [1.54, 1.807) is 17.0 Å². The van der Waals surface area contributed by atoms with Crippen LogP contribution < -0.4 is 9.80 Å². The highest BCUT2D eigenvalue weighted by atomic mass is 32.2. The lowest BCUT2D eigenvalue weighted by molar-refractivity contribution is -0.980. The van der Waals surface area contributed by atoms with Gasteiger partial charge in [0.2, 0.25) is 0 Å². The van der Waals surface area contributed by atoms with Crippen molar-refractivity contribution < 1.29 is 18.2 Å². The summed E-state index contributed by atoms with van der Waals surface area (Å²) in [5, 5.41) is 0. The first-order chi connectivity index (χ1) is 12.8. The molecule has 0 amide bonds. The maximum absolute atomic E-state index is 13.1. The van der Waals surface area contributed by atoms with E-state index in [-0.39, 0.29) is 6.04 Å². The SMILES string of the molecule is Cc1ccc(S(=O)(=O)C[C@@H](C[NH+]2CCC(C)CC2)[NH+]2CCC(C)CC2)cc1. The number of nitrogens with one attached hydrogen (secondary N) is 2. The van der Waals surface area contributed by atoms with E-state index in [2.05, 4.69) is 13.8 Å². The van der Waals surface area contributed by atoms with Crippen LogP contribution in [0.1, 0.15) is 45.1 Å². The normalized spacial score (nSPS) is 30.8. The minimum atomic E-state index is -3.23. The van der Waals surface area contributed by atoms with Crippen LogP contribution in [0.5, 0.6) is 0 Å². The van der Waals surface area contributed by atoms with Gasteiger partial charge in [-0.15, -0.1) is 0 Å². The largest absolute Gasteiger partial charge is 0.330 e. The molecule has 4 nitrogen and oxygen atoms in total. The zero-order chi connectivity index (χ0) is 19.4. The molecule has 5 heteroatoms. The van der Waals surface area contributed by atoms with Gasteiger partial charge in [0.25, 0.3) is 0 Å². The van der Waals surface area contributed by atoms with Gasteiger partial charge in [-0.1, -0.05) is 31.5 Å². The lowest BCUT2D eigenvalue weighted by Gasteiger charge is -2.36. The van der Waals surface area contributed by atoms with Crippen molar-refractivity contribution in [1.29, 1.82) is 0 Å². The molecular weight excluding hydrogens is 356 g/mol. The topological polar surface area (TPSA) is 43.0 Å². The van der Waals surface area contributed by atoms with Crippen molar-refractivity contribution in [1.82, 2.24) is 0 Å². The van der Waals surface area contributed by atoms with Gasteiger partial charge >= 0.3 is 0 Å². The Morgan fingerprint density at radius 1 is 0.926 bits per heavy atom. The van der Waals surface area contributed by atoms with Gasteiger partial charge in [-0.25, -0.2) is 8.42 Å². The first-order valence-corrected chi connectivity index (χ1v) is 12.5. The summed E-state index contributed by atoms with van der Waals surface area (Å²) >= 11 is 0. The first-order valence-electron chi connectivity index (χ1n) is 10.8. The molecule has 2 aliphatic heterocycles. The summed E-state index contributed by atoms with van der Waals surface area (Å²) in [6.07, 6.45) is 5.00. The van der Waals surface area contributed by atoms with Gasteiger partial charge in [-0.3, -0.25) is 0 Å². The van der Waals surface area contributed by atoms with Crippen LogP contribution in [-0.2, 0) is 9.84 Å². The second-order valence-corrected chi connectivity index (χ2v) is 11.3. The summed E-state index contributed by atoms with van der Waals surface area (Å²) in [5.41, 5.74) is 1.10. The Bertz CT molecular complexity index is 686. The number of hydrogen-bond acceptors (Lipinski definition) is 2. The number of likely N-dealkylation sites (tertiary alicyclic amines) is 2. The molecule has 0 spiro atoms. The molecule has 2 fully saturated rings. The molecule has 27 heavy (non-hydrogen) atoms. The minimum Gasteiger partial charge on any atom is -0.330 e. The Labute approximate surface area is 165 Å². The van der Waals surface area contributed by atoms with E-state index in [1.165, 1.54) is 43.7 Å². The molecule has 2 aliphatic rings. The highest BCUT2D eigenvalue weighted by molar-refractivity contribution is 7.91. The van der Waals surface area contributed by atoms with Crippen LogP contribution in [0.4, 0.5) is 0 Å². The Morgan fingerprint density at radius 2 is 1.44 bits per heavy atom. The lowest BCUT2D eigenvalue weighted by Crippen LogP contribution is -3.24. The van der Waals surface area contributed by atoms with Crippen LogP contribution in [0.3, 0.4) is 0 Å². The summed E-state index contributed by atoms with van der Waals surface area (Å²) in [5.74, 6) is 1.90. The van der Waals surface area contributed by atoms with E-state index < -0.39 is 9.84 Å². The van der Waals surface area contributed by atoms with E-state index >= 15 is 0 Å². The Kier molecular flexibility index (Phi) is 6.98. The van der Waals surface area contributed by atoms with Crippen LogP contribution in [0.25, 0.3) is 0 Å². The third-order valence-electron chi connectivity index (χ3n) is 6.81. The van der Waals surface area contributed by atoms with Gasteiger partial charge in [-0.2, -0.15) is 0 Å². The Hall–Kier alpha value is -0.910. The monoisotopic (exact) mass is 394 g/mol. The summed E-state index contributed by atoms with van der Waals surface area (Å²) in [6, 6.07) is 7.60. The number of sulfone groups is 1. The van der Waals surface area contributed by atoms with E-state index in [0.29, 0.717) is 10.6 Å². The molecule has 1 aromatic carbocycles. The molecule has 2 N–H and O–H groups in total. The molecule has 2 heterocycles. The van der Waals surface area contributed by atoms with Gasteiger partial charge in [0.15, 0.2) is 15.9 Å². The van der Waals surface area contributed by atoms with Gasteiger partial charge in [0.1, 0.15) is 12.3 Å². The molecule has 0 radical (unpaired) electrons. The fraction of sp³-hybridized carbons (Fsp3) is 0.727. The second-order valence-electron chi connectivity index (χ2n) is 9.27. The average Bonchev–Trinajstić information content (AvgIpc) is 2.64. The summed E-state index contributed by atoms with van der Waals surface area (Å²) in [7, 11) is -3.23. The zero-order valence-corrected chi connectivity index (χ0v) is 18.2. The van der Waals surface area contributed by atoms with E-state index in [1.807, 2.05) is 19.1 Å². The fourth-order valence-corrected chi connectivity index (χ4v) is 6.32. The minimum absolute atomic E-state index is 0.215. The molecule has 152 valence electrons. The van der Waals surface area contributed by atoms with Gasteiger partial charge in [0.05, 0.1) is 31.1 Å². The first kappa shape index (κ1) is 20.8. The smallest absolute Gasteiger partial charge is 0.184 e. The number of rotatable bonds is 6. The van der Waals surface area contributed by atoms with Crippen molar-refractivity contribution in [2.24, 2.45) is 11.8 Å². The van der Waals surface area contributed by atoms with Gasteiger partial charge in [0, 0.05) is 0 Å². The van der Waals surface area contributed by atoms with Crippen LogP contribution in [0, 0.1) is 18.8 Å². The zero-order valence-electron chi connectivity index (χ0n) is 17.3. The third-order valence-corrected chi connectivity index (χ3v) is 8.64. The predicted molar refractivity (Wildman–Crippen MR) is 110 cm³/mol. The maximum Gasteiger partial charge on any atom is 0.184 e. The highest BCUT2D eigenvalue weighted by Crippen LogP contribution is 2.14. The maximum atomic E-state index is 13.1. The second kappa shape index (κ2) is 9.06. The standard InChI is InChI=1S/C22H36N2O2S/c1-18-4-6-22(7-5-18)27(25,26)17-21(24-14-10-20(3)11-15-24)16-23-12-8-19(2)9-13-23/h4-7,19-21H,8-17H2,1-3H3/p+2/t21-/m1/s1. The van der Waals surface area contributed by atoms with Crippen LogP contribution in [-0.4, -0.2) is 52.9 Å². The van der Waals surface area contributed by atoms with E-state index in [4.69, 9.17) is 0 Å². The summed E-state index contributed by atoms with van der Waals surface area (Å²) in [4.78, 5) is 3.63. The molecule has 0 aliphatic carbocycles. The lowest BCUT2D eigenvalue weighted by atomic mass is 9.97. The fourth-order valence-electron chi connectivity index (χ4n) is 4.69. The molecule has 0 aromatic heterocycles. The van der Waals surface area contributed by atoms with E-state index in [0.717, 1.165) is 37.0 Å². The van der Waals surface area contributed by atoms with Crippen LogP contribution in [0.15, 0.2) is 29.2 Å². The third kappa shape index (κ3) is 5.78. The molecule has 0 saturated carbocycles. The Balaban J connectivity index is 1.73. The van der Waals surface area contributed by atoms with Crippen molar-refractivity contribution in [3.63, 3.8) is 0 Å². The van der Waals surface area contributed by atoms with Crippen LogP contribution in [0.2, 0.25) is 0 Å². The average molecular weight is 395 g/mol. The number of benzene rings is 1. The number of piperidine rings is 2. The summed E-state index contributed by atoms with van der Waals surface area (Å²) in [6.45, 7) is 12.3. The molecule has 0 bridgehead atoms. The van der Waals surface area contributed by atoms with Crippen molar-refractivity contribution in [3.05, 3.63) is 29.8 Å². The number of aryl methyl sites for hydroxylation is 1. The van der Waals surface area contributed by atoms with Crippen molar-refractivity contribution in [2.45, 2.75) is 57.4 Å². The molecule has 0 unspecified atom stereocenters. The van der Waals surface area contributed by atoms with Crippen LogP contribution >= 0.6 is 0 Å². The van der Waals surface area contributed by atoms with Gasteiger partial charge < -0.3 is 9.80 Å². The molecule has 2 saturated heterocycles. The summed E-state index contributed by atoms with van der Waals surface area (Å²) < 4.78 is 26.3. The van der Waals surface area contributed by atoms with Crippen molar-refractivity contribution in [3.8, 4) is 0 Å². The van der Waals surface area contributed by atoms with E-state index in [9.17, 15) is 8.42 Å². The van der Waals surface area contributed by atoms with Gasteiger partial charge in [-0.05, 0) is 56.6 Å². The number of quaternary nitrogens is 2. The number of hydrogen-bond donors (Lipinski definition) is 2. The molecule has 1 atom stereocenters. The van der Waals surface area contributed by atoms with Crippen molar-refractivity contribution in [2.75, 3.05) is 38.5 Å². The highest BCUT2D eigenvalue weighted by Gasteiger charge is 2.35. The predicted octanol–water partition coefficient (Wildman–Crippen LogP) is 0.767. The molecule has 3 rings (SSSR count). The molecule has 1 aromatic rings. The molecular formula is C22H38N2O2S+2.